The van der Waals surface area contributed by atoms with Gasteiger partial charge in [0.15, 0.2) is 5.70 Å². The number of esters is 1. The molecule has 1 aromatic heterocycles. The molecule has 2 aromatic carbocycles. The molecule has 0 amide bonds. The summed E-state index contributed by atoms with van der Waals surface area (Å²) in [5, 5.41) is 12.3. The minimum Gasteiger partial charge on any atom is -0.464 e. The van der Waals surface area contributed by atoms with Crippen molar-refractivity contribution in [2.45, 2.75) is 19.1 Å². The number of aliphatic hydroxyl groups excluding tert-OH is 1. The number of fused-ring (bicyclic) bond motifs is 3. The fraction of sp³-hybridized carbons (Fsp3) is 0.211. The van der Waals surface area contributed by atoms with Crippen LogP contribution in [0.15, 0.2) is 52.1 Å². The third kappa shape index (κ3) is 2.14. The summed E-state index contributed by atoms with van der Waals surface area (Å²) in [5.41, 5.74) is -1.14. The molecular formula is C19H16N2O5. The van der Waals surface area contributed by atoms with Crippen molar-refractivity contribution >= 4 is 33.2 Å². The molecule has 4 rings (SSSR count). The molecule has 2 heterocycles. The Morgan fingerprint density at radius 2 is 1.65 bits per heavy atom. The van der Waals surface area contributed by atoms with E-state index in [4.69, 9.17) is 4.74 Å². The molecule has 3 aromatic rings. The SMILES string of the molecule is COC(=O)C1=C[C@H](O)[C@@H](C)n2c(=O)c3cc4ccccc4cc3c(=O)n21. The summed E-state index contributed by atoms with van der Waals surface area (Å²) < 4.78 is 6.84. The normalized spacial score (nSPS) is 19.3. The number of hydrogen-bond acceptors (Lipinski definition) is 5. The summed E-state index contributed by atoms with van der Waals surface area (Å²) in [6, 6.07) is 9.99. The Kier molecular flexibility index (Phi) is 3.55. The lowest BCUT2D eigenvalue weighted by Crippen LogP contribution is -2.46. The molecule has 0 spiro atoms. The molecule has 7 heteroatoms. The lowest BCUT2D eigenvalue weighted by Gasteiger charge is -2.29. The molecule has 0 radical (unpaired) electrons. The van der Waals surface area contributed by atoms with Crippen LogP contribution in [0.2, 0.25) is 0 Å². The first-order chi connectivity index (χ1) is 12.4. The number of ether oxygens (including phenoxy) is 1. The van der Waals surface area contributed by atoms with Crippen LogP contribution in [0.5, 0.6) is 0 Å². The average Bonchev–Trinajstić information content (AvgIpc) is 2.66. The maximum absolute atomic E-state index is 13.1. The van der Waals surface area contributed by atoms with Gasteiger partial charge in [-0.1, -0.05) is 24.3 Å². The fourth-order valence-electron chi connectivity index (χ4n) is 3.39. The highest BCUT2D eigenvalue weighted by atomic mass is 16.5. The zero-order chi connectivity index (χ0) is 18.6. The maximum atomic E-state index is 13.1. The molecule has 7 nitrogen and oxygen atoms in total. The summed E-state index contributed by atoms with van der Waals surface area (Å²) in [6.45, 7) is 1.61. The van der Waals surface area contributed by atoms with Crippen LogP contribution in [-0.2, 0) is 9.53 Å². The molecule has 26 heavy (non-hydrogen) atoms. The molecule has 132 valence electrons. The molecule has 0 bridgehead atoms. The first-order valence-corrected chi connectivity index (χ1v) is 8.13. The Bertz CT molecular complexity index is 1220. The van der Waals surface area contributed by atoms with Crippen LogP contribution in [0, 0.1) is 0 Å². The van der Waals surface area contributed by atoms with Crippen molar-refractivity contribution in [1.82, 2.24) is 9.36 Å². The molecule has 0 saturated heterocycles. The van der Waals surface area contributed by atoms with E-state index in [1.807, 2.05) is 24.3 Å². The van der Waals surface area contributed by atoms with Gasteiger partial charge < -0.3 is 9.84 Å². The Morgan fingerprint density at radius 3 is 2.23 bits per heavy atom. The van der Waals surface area contributed by atoms with Gasteiger partial charge in [0.05, 0.1) is 30.0 Å². The number of aliphatic hydroxyl groups is 1. The van der Waals surface area contributed by atoms with Gasteiger partial charge in [-0.2, -0.15) is 0 Å². The highest BCUT2D eigenvalue weighted by Crippen LogP contribution is 2.24. The van der Waals surface area contributed by atoms with Gasteiger partial charge in [0.1, 0.15) is 0 Å². The summed E-state index contributed by atoms with van der Waals surface area (Å²) >= 11 is 0. The van der Waals surface area contributed by atoms with Gasteiger partial charge in [0.2, 0.25) is 0 Å². The maximum Gasteiger partial charge on any atom is 0.356 e. The molecule has 2 atom stereocenters. The number of methoxy groups -OCH3 is 1. The average molecular weight is 352 g/mol. The van der Waals surface area contributed by atoms with Crippen LogP contribution in [0.1, 0.15) is 13.0 Å². The smallest absolute Gasteiger partial charge is 0.356 e. The van der Waals surface area contributed by atoms with Gasteiger partial charge in [-0.15, -0.1) is 0 Å². The highest BCUT2D eigenvalue weighted by Gasteiger charge is 2.31. The van der Waals surface area contributed by atoms with Crippen molar-refractivity contribution in [1.29, 1.82) is 0 Å². The number of aromatic nitrogens is 2. The molecule has 0 fully saturated rings. The molecule has 0 unspecified atom stereocenters. The van der Waals surface area contributed by atoms with Crippen molar-refractivity contribution in [3.8, 4) is 0 Å². The Balaban J connectivity index is 2.20. The molecule has 0 saturated carbocycles. The van der Waals surface area contributed by atoms with Crippen LogP contribution in [-0.4, -0.2) is 33.7 Å². The predicted molar refractivity (Wildman–Crippen MR) is 97.0 cm³/mol. The van der Waals surface area contributed by atoms with Crippen LogP contribution in [0.3, 0.4) is 0 Å². The van der Waals surface area contributed by atoms with E-state index < -0.39 is 29.2 Å². The Hall–Kier alpha value is -3.19. The molecular weight excluding hydrogens is 336 g/mol. The zero-order valence-corrected chi connectivity index (χ0v) is 14.2. The number of hydrogen-bond donors (Lipinski definition) is 1. The second-order valence-electron chi connectivity index (χ2n) is 6.29. The van der Waals surface area contributed by atoms with E-state index in [1.54, 1.807) is 19.1 Å². The van der Waals surface area contributed by atoms with Gasteiger partial charge in [0.25, 0.3) is 11.1 Å². The third-order valence-corrected chi connectivity index (χ3v) is 4.79. The van der Waals surface area contributed by atoms with E-state index in [9.17, 15) is 19.5 Å². The number of benzene rings is 2. The number of carbonyl (C=O) groups is 1. The summed E-state index contributed by atoms with van der Waals surface area (Å²) in [4.78, 5) is 38.3. The third-order valence-electron chi connectivity index (χ3n) is 4.79. The van der Waals surface area contributed by atoms with Crippen molar-refractivity contribution in [2.75, 3.05) is 7.11 Å². The summed E-state index contributed by atoms with van der Waals surface area (Å²) in [6.07, 6.45) is 0.142. The minimum atomic E-state index is -1.10. The standard InChI is InChI=1S/C19H16N2O5/c1-10-16(22)9-15(19(25)26-2)21-18(24)14-8-12-6-4-3-5-11(12)7-13(14)17(23)20(10)21/h3-10,16,22H,1-2H3/t10-,16+/m1/s1. The van der Waals surface area contributed by atoms with Crippen LogP contribution in [0.4, 0.5) is 0 Å². The van der Waals surface area contributed by atoms with Crippen molar-refractivity contribution in [3.05, 3.63) is 63.2 Å². The summed E-state index contributed by atoms with van der Waals surface area (Å²) in [5.74, 6) is -0.800. The minimum absolute atomic E-state index is 0.171. The van der Waals surface area contributed by atoms with Crippen LogP contribution >= 0.6 is 0 Å². The van der Waals surface area contributed by atoms with Gasteiger partial charge in [-0.25, -0.2) is 14.2 Å². The van der Waals surface area contributed by atoms with E-state index in [-0.39, 0.29) is 16.5 Å². The Labute approximate surface area is 147 Å². The van der Waals surface area contributed by atoms with Crippen molar-refractivity contribution in [3.63, 3.8) is 0 Å². The highest BCUT2D eigenvalue weighted by molar-refractivity contribution is 6.10. The topological polar surface area (TPSA) is 90.5 Å². The lowest BCUT2D eigenvalue weighted by atomic mass is 10.0. The summed E-state index contributed by atoms with van der Waals surface area (Å²) in [7, 11) is 1.18. The second kappa shape index (κ2) is 5.67. The van der Waals surface area contributed by atoms with Gasteiger partial charge in [0, 0.05) is 0 Å². The lowest BCUT2D eigenvalue weighted by molar-refractivity contribution is -0.134. The van der Waals surface area contributed by atoms with Gasteiger partial charge >= 0.3 is 5.97 Å². The van der Waals surface area contributed by atoms with Crippen molar-refractivity contribution in [2.24, 2.45) is 0 Å². The van der Waals surface area contributed by atoms with E-state index in [2.05, 4.69) is 0 Å². The number of carbonyl (C=O) groups excluding carboxylic acids is 1. The van der Waals surface area contributed by atoms with Crippen molar-refractivity contribution < 1.29 is 14.6 Å². The first-order valence-electron chi connectivity index (χ1n) is 8.13. The van der Waals surface area contributed by atoms with E-state index in [1.165, 1.54) is 13.2 Å². The first kappa shape index (κ1) is 16.3. The molecule has 0 aliphatic carbocycles. The zero-order valence-electron chi connectivity index (χ0n) is 14.2. The molecule has 1 aliphatic rings. The predicted octanol–water partition coefficient (Wildman–Crippen LogP) is 1.27. The second-order valence-corrected chi connectivity index (χ2v) is 6.29. The quantitative estimate of drug-likeness (QED) is 0.526. The van der Waals surface area contributed by atoms with E-state index in [0.29, 0.717) is 0 Å². The molecule has 1 N–H and O–H groups in total. The molecule has 1 aliphatic heterocycles. The van der Waals surface area contributed by atoms with E-state index in [0.717, 1.165) is 20.1 Å². The van der Waals surface area contributed by atoms with Crippen LogP contribution in [0.25, 0.3) is 27.2 Å². The fourth-order valence-corrected chi connectivity index (χ4v) is 3.39. The van der Waals surface area contributed by atoms with Gasteiger partial charge in [-0.05, 0) is 35.9 Å². The van der Waals surface area contributed by atoms with E-state index >= 15 is 0 Å². The monoisotopic (exact) mass is 352 g/mol. The van der Waals surface area contributed by atoms with Crippen LogP contribution < -0.4 is 11.1 Å². The largest absolute Gasteiger partial charge is 0.464 e. The number of nitrogens with zero attached hydrogens (tertiary/aromatic N) is 2. The van der Waals surface area contributed by atoms with Gasteiger partial charge in [-0.3, -0.25) is 9.59 Å². The Morgan fingerprint density at radius 1 is 1.08 bits per heavy atom. The number of rotatable bonds is 1.